The van der Waals surface area contributed by atoms with Crippen LogP contribution in [0.2, 0.25) is 10.0 Å². The highest BCUT2D eigenvalue weighted by molar-refractivity contribution is 6.36. The molecule has 0 saturated heterocycles. The Labute approximate surface area is 194 Å². The van der Waals surface area contributed by atoms with Crippen molar-refractivity contribution in [3.8, 4) is 5.75 Å². The molecule has 1 atom stereocenters. The largest absolute Gasteiger partial charge is 0.483 e. The molecule has 0 saturated carbocycles. The number of amides is 2. The zero-order chi connectivity index (χ0) is 23.1. The van der Waals surface area contributed by atoms with Gasteiger partial charge in [-0.3, -0.25) is 9.59 Å². The normalized spacial score (nSPS) is 11.9. The fraction of sp³-hybridized carbons (Fsp3) is 0.417. The number of hydrogen-bond acceptors (Lipinski definition) is 3. The number of halogens is 2. The van der Waals surface area contributed by atoms with Gasteiger partial charge in [0.15, 0.2) is 6.61 Å². The smallest absolute Gasteiger partial charge is 0.261 e. The molecule has 0 aliphatic heterocycles. The minimum atomic E-state index is -0.721. The number of aryl methyl sites for hydroxylation is 2. The van der Waals surface area contributed by atoms with E-state index in [9.17, 15) is 9.59 Å². The van der Waals surface area contributed by atoms with E-state index < -0.39 is 6.04 Å². The van der Waals surface area contributed by atoms with Crippen molar-refractivity contribution in [1.29, 1.82) is 0 Å². The fourth-order valence-electron chi connectivity index (χ4n) is 2.97. The molecule has 0 aliphatic carbocycles. The molecule has 0 heterocycles. The molecule has 0 fully saturated rings. The molecule has 0 spiro atoms. The first-order valence-electron chi connectivity index (χ1n) is 10.3. The van der Waals surface area contributed by atoms with Crippen LogP contribution in [0, 0.1) is 19.8 Å². The fourth-order valence-corrected chi connectivity index (χ4v) is 3.49. The first kappa shape index (κ1) is 25.0. The minimum Gasteiger partial charge on any atom is -0.483 e. The third-order valence-corrected chi connectivity index (χ3v) is 5.65. The van der Waals surface area contributed by atoms with Gasteiger partial charge in [-0.05, 0) is 56.0 Å². The molecule has 2 aromatic rings. The van der Waals surface area contributed by atoms with Crippen molar-refractivity contribution in [1.82, 2.24) is 10.2 Å². The predicted octanol–water partition coefficient (Wildman–Crippen LogP) is 5.18. The van der Waals surface area contributed by atoms with Gasteiger partial charge >= 0.3 is 0 Å². The Balaban J connectivity index is 2.24. The summed E-state index contributed by atoms with van der Waals surface area (Å²) in [5, 5.41) is 3.76. The van der Waals surface area contributed by atoms with E-state index in [1.807, 2.05) is 45.9 Å². The van der Waals surface area contributed by atoms with Crippen LogP contribution >= 0.6 is 23.2 Å². The maximum absolute atomic E-state index is 13.2. The van der Waals surface area contributed by atoms with Crippen LogP contribution in [-0.2, 0) is 16.1 Å². The van der Waals surface area contributed by atoms with E-state index in [2.05, 4.69) is 5.32 Å². The molecule has 7 heteroatoms. The van der Waals surface area contributed by atoms with Gasteiger partial charge in [0, 0.05) is 28.7 Å². The van der Waals surface area contributed by atoms with Crippen LogP contribution in [0.3, 0.4) is 0 Å². The van der Waals surface area contributed by atoms with Gasteiger partial charge in [-0.15, -0.1) is 0 Å². The van der Waals surface area contributed by atoms with Crippen molar-refractivity contribution in [3.63, 3.8) is 0 Å². The Bertz CT molecular complexity index is 911. The summed E-state index contributed by atoms with van der Waals surface area (Å²) in [5.41, 5.74) is 2.56. The van der Waals surface area contributed by atoms with E-state index in [4.69, 9.17) is 27.9 Å². The average molecular weight is 465 g/mol. The van der Waals surface area contributed by atoms with Crippen molar-refractivity contribution in [3.05, 3.63) is 63.1 Å². The molecule has 0 aliphatic rings. The van der Waals surface area contributed by atoms with E-state index in [-0.39, 0.29) is 25.0 Å². The van der Waals surface area contributed by atoms with E-state index >= 15 is 0 Å². The third kappa shape index (κ3) is 7.15. The van der Waals surface area contributed by atoms with E-state index in [1.54, 1.807) is 25.1 Å². The van der Waals surface area contributed by atoms with Gasteiger partial charge in [-0.25, -0.2) is 0 Å². The zero-order valence-corrected chi connectivity index (χ0v) is 20.2. The van der Waals surface area contributed by atoms with Crippen LogP contribution in [0.15, 0.2) is 36.4 Å². The molecule has 0 unspecified atom stereocenters. The van der Waals surface area contributed by atoms with Crippen molar-refractivity contribution in [2.24, 2.45) is 5.92 Å². The Morgan fingerprint density at radius 3 is 2.32 bits per heavy atom. The van der Waals surface area contributed by atoms with Gasteiger partial charge in [0.1, 0.15) is 11.8 Å². The molecule has 2 amide bonds. The maximum Gasteiger partial charge on any atom is 0.261 e. The summed E-state index contributed by atoms with van der Waals surface area (Å²) in [6.45, 7) is 10.0. The number of ether oxygens (including phenoxy) is 1. The van der Waals surface area contributed by atoms with Gasteiger partial charge in [-0.1, -0.05) is 55.2 Å². The Hall–Kier alpha value is -2.24. The summed E-state index contributed by atoms with van der Waals surface area (Å²) < 4.78 is 5.80. The molecule has 2 aromatic carbocycles. The predicted molar refractivity (Wildman–Crippen MR) is 126 cm³/mol. The zero-order valence-electron chi connectivity index (χ0n) is 18.7. The standard InChI is InChI=1S/C24H30Cl2N2O3/c1-15(2)12-27-24(30)18(5)28(13-19-20(25)7-6-8-21(19)26)23(29)14-31-22-11-16(3)9-10-17(22)4/h6-11,15,18H,12-14H2,1-5H3,(H,27,30)/t18-/m0/s1. The molecule has 0 aromatic heterocycles. The average Bonchev–Trinajstić information content (AvgIpc) is 2.71. The number of carbonyl (C=O) groups excluding carboxylic acids is 2. The summed E-state index contributed by atoms with van der Waals surface area (Å²) in [6, 6.07) is 10.2. The summed E-state index contributed by atoms with van der Waals surface area (Å²) >= 11 is 12.6. The van der Waals surface area contributed by atoms with Gasteiger partial charge in [0.2, 0.25) is 5.91 Å². The van der Waals surface area contributed by atoms with Crippen molar-refractivity contribution in [2.75, 3.05) is 13.2 Å². The highest BCUT2D eigenvalue weighted by atomic mass is 35.5. The SMILES string of the molecule is Cc1ccc(C)c(OCC(=O)N(Cc2c(Cl)cccc2Cl)[C@@H](C)C(=O)NCC(C)C)c1. The second kappa shape index (κ2) is 11.4. The lowest BCUT2D eigenvalue weighted by Gasteiger charge is -2.29. The number of rotatable bonds is 9. The number of carbonyl (C=O) groups is 2. The number of nitrogens with zero attached hydrogens (tertiary/aromatic N) is 1. The van der Waals surface area contributed by atoms with Gasteiger partial charge in [0.25, 0.3) is 5.91 Å². The van der Waals surface area contributed by atoms with Crippen molar-refractivity contribution in [2.45, 2.75) is 47.2 Å². The Morgan fingerprint density at radius 2 is 1.71 bits per heavy atom. The number of nitrogens with one attached hydrogen (secondary N) is 1. The molecule has 0 radical (unpaired) electrons. The molecule has 2 rings (SSSR count). The lowest BCUT2D eigenvalue weighted by Crippen LogP contribution is -2.49. The monoisotopic (exact) mass is 464 g/mol. The lowest BCUT2D eigenvalue weighted by molar-refractivity contribution is -0.142. The number of hydrogen-bond donors (Lipinski definition) is 1. The van der Waals surface area contributed by atoms with Crippen LogP contribution in [-0.4, -0.2) is 35.9 Å². The third-order valence-electron chi connectivity index (χ3n) is 4.94. The minimum absolute atomic E-state index is 0.101. The van der Waals surface area contributed by atoms with Gasteiger partial charge in [0.05, 0.1) is 0 Å². The first-order chi connectivity index (χ1) is 14.6. The molecule has 5 nitrogen and oxygen atoms in total. The molecule has 0 bridgehead atoms. The van der Waals surface area contributed by atoms with Gasteiger partial charge < -0.3 is 15.0 Å². The number of benzene rings is 2. The van der Waals surface area contributed by atoms with Crippen LogP contribution in [0.4, 0.5) is 0 Å². The second-order valence-corrected chi connectivity index (χ2v) is 8.91. The quantitative estimate of drug-likeness (QED) is 0.555. The summed E-state index contributed by atoms with van der Waals surface area (Å²) in [6.07, 6.45) is 0. The highest BCUT2D eigenvalue weighted by Gasteiger charge is 2.28. The molecular formula is C24H30Cl2N2O3. The maximum atomic E-state index is 13.2. The van der Waals surface area contributed by atoms with E-state index in [1.165, 1.54) is 4.90 Å². The van der Waals surface area contributed by atoms with Crippen molar-refractivity contribution >= 4 is 35.0 Å². The van der Waals surface area contributed by atoms with Crippen LogP contribution in [0.25, 0.3) is 0 Å². The molecule has 31 heavy (non-hydrogen) atoms. The summed E-state index contributed by atoms with van der Waals surface area (Å²) in [4.78, 5) is 27.3. The Kier molecular flexibility index (Phi) is 9.20. The Morgan fingerprint density at radius 1 is 1.06 bits per heavy atom. The van der Waals surface area contributed by atoms with E-state index in [0.717, 1.165) is 11.1 Å². The lowest BCUT2D eigenvalue weighted by atomic mass is 10.1. The van der Waals surface area contributed by atoms with Crippen molar-refractivity contribution < 1.29 is 14.3 Å². The molecule has 1 N–H and O–H groups in total. The molecular weight excluding hydrogens is 435 g/mol. The first-order valence-corrected chi connectivity index (χ1v) is 11.1. The van der Waals surface area contributed by atoms with E-state index in [0.29, 0.717) is 33.8 Å². The van der Waals surface area contributed by atoms with Gasteiger partial charge in [-0.2, -0.15) is 0 Å². The van der Waals surface area contributed by atoms with Crippen LogP contribution in [0.1, 0.15) is 37.5 Å². The summed E-state index contributed by atoms with van der Waals surface area (Å²) in [7, 11) is 0. The second-order valence-electron chi connectivity index (χ2n) is 8.09. The molecule has 168 valence electrons. The van der Waals surface area contributed by atoms with Crippen LogP contribution in [0.5, 0.6) is 5.75 Å². The summed E-state index contributed by atoms with van der Waals surface area (Å²) in [5.74, 6) is 0.369. The topological polar surface area (TPSA) is 58.6 Å². The highest BCUT2D eigenvalue weighted by Crippen LogP contribution is 2.27. The van der Waals surface area contributed by atoms with Crippen LogP contribution < -0.4 is 10.1 Å².